The third-order valence-corrected chi connectivity index (χ3v) is 4.67. The van der Waals surface area contributed by atoms with E-state index in [0.717, 1.165) is 0 Å². The lowest BCUT2D eigenvalue weighted by atomic mass is 9.82. The maximum atomic E-state index is 11.8. The first-order valence-corrected chi connectivity index (χ1v) is 7.79. The third-order valence-electron chi connectivity index (χ3n) is 4.67. The molecule has 1 fully saturated rings. The first kappa shape index (κ1) is 16.8. The summed E-state index contributed by atoms with van der Waals surface area (Å²) in [6, 6.07) is -0.247. The highest BCUT2D eigenvalue weighted by Crippen LogP contribution is 2.25. The topological polar surface area (TPSA) is 78.4 Å². The fraction of sp³-hybridized carbons (Fsp3) is 0.867. The summed E-state index contributed by atoms with van der Waals surface area (Å²) in [4.78, 5) is 23.1. The Kier molecular flexibility index (Phi) is 6.82. The van der Waals surface area contributed by atoms with Crippen molar-refractivity contribution < 1.29 is 14.7 Å². The van der Waals surface area contributed by atoms with Crippen molar-refractivity contribution in [2.45, 2.75) is 58.8 Å². The molecule has 0 saturated heterocycles. The number of amides is 2. The zero-order valence-corrected chi connectivity index (χ0v) is 12.7. The fourth-order valence-electron chi connectivity index (χ4n) is 2.82. The van der Waals surface area contributed by atoms with E-state index in [1.807, 2.05) is 13.8 Å². The normalized spacial score (nSPS) is 16.7. The third kappa shape index (κ3) is 4.69. The molecule has 5 heteroatoms. The van der Waals surface area contributed by atoms with E-state index >= 15 is 0 Å². The standard InChI is InChI=1S/C15H28N2O3/c1-3-15(4-2,13(18)19)11-17-14(20)16-10-12-8-6-5-7-9-12/h12H,3-11H2,1-2H3,(H,18,19)(H2,16,17,20). The Hall–Kier alpha value is -1.26. The second-order valence-electron chi connectivity index (χ2n) is 5.86. The molecule has 0 aromatic heterocycles. The van der Waals surface area contributed by atoms with Crippen LogP contribution in [0.1, 0.15) is 58.8 Å². The first-order valence-electron chi connectivity index (χ1n) is 7.79. The van der Waals surface area contributed by atoms with E-state index in [1.54, 1.807) is 0 Å². The van der Waals surface area contributed by atoms with Gasteiger partial charge in [0.25, 0.3) is 0 Å². The molecule has 116 valence electrons. The van der Waals surface area contributed by atoms with Gasteiger partial charge in [0.2, 0.25) is 0 Å². The van der Waals surface area contributed by atoms with Crippen molar-refractivity contribution in [2.24, 2.45) is 11.3 Å². The first-order chi connectivity index (χ1) is 9.54. The number of hydrogen-bond donors (Lipinski definition) is 3. The van der Waals surface area contributed by atoms with Crippen LogP contribution in [0.2, 0.25) is 0 Å². The maximum Gasteiger partial charge on any atom is 0.314 e. The summed E-state index contributed by atoms with van der Waals surface area (Å²) < 4.78 is 0. The van der Waals surface area contributed by atoms with Crippen molar-refractivity contribution >= 4 is 12.0 Å². The average molecular weight is 284 g/mol. The molecule has 1 aliphatic carbocycles. The Morgan fingerprint density at radius 3 is 2.20 bits per heavy atom. The van der Waals surface area contributed by atoms with Crippen LogP contribution >= 0.6 is 0 Å². The van der Waals surface area contributed by atoms with Gasteiger partial charge in [0.05, 0.1) is 5.41 Å². The molecule has 0 atom stereocenters. The van der Waals surface area contributed by atoms with E-state index in [9.17, 15) is 14.7 Å². The summed E-state index contributed by atoms with van der Waals surface area (Å²) in [6.07, 6.45) is 7.20. The number of carboxylic acid groups (broad SMARTS) is 1. The molecule has 3 N–H and O–H groups in total. The van der Waals surface area contributed by atoms with Gasteiger partial charge in [-0.2, -0.15) is 0 Å². The van der Waals surface area contributed by atoms with Crippen LogP contribution in [0, 0.1) is 11.3 Å². The van der Waals surface area contributed by atoms with Gasteiger partial charge in [0, 0.05) is 13.1 Å². The Morgan fingerprint density at radius 2 is 1.70 bits per heavy atom. The van der Waals surface area contributed by atoms with Crippen LogP contribution in [-0.2, 0) is 4.79 Å². The minimum absolute atomic E-state index is 0.186. The van der Waals surface area contributed by atoms with Crippen LogP contribution < -0.4 is 10.6 Å². The van der Waals surface area contributed by atoms with Crippen LogP contribution in [0.5, 0.6) is 0 Å². The number of urea groups is 1. The van der Waals surface area contributed by atoms with Crippen LogP contribution in [0.15, 0.2) is 0 Å². The monoisotopic (exact) mass is 284 g/mol. The number of aliphatic carboxylic acids is 1. The fourth-order valence-corrected chi connectivity index (χ4v) is 2.82. The van der Waals surface area contributed by atoms with Gasteiger partial charge in [0.1, 0.15) is 0 Å². The smallest absolute Gasteiger partial charge is 0.314 e. The van der Waals surface area contributed by atoms with E-state index in [4.69, 9.17) is 0 Å². The molecule has 5 nitrogen and oxygen atoms in total. The molecular weight excluding hydrogens is 256 g/mol. The quantitative estimate of drug-likeness (QED) is 0.672. The predicted molar refractivity (Wildman–Crippen MR) is 78.6 cm³/mol. The second kappa shape index (κ2) is 8.12. The highest BCUT2D eigenvalue weighted by molar-refractivity contribution is 5.78. The molecule has 1 rings (SSSR count). The molecule has 1 aliphatic rings. The summed E-state index contributed by atoms with van der Waals surface area (Å²) in [5.41, 5.74) is -0.845. The molecule has 20 heavy (non-hydrogen) atoms. The van der Waals surface area contributed by atoms with Crippen LogP contribution in [0.25, 0.3) is 0 Å². The van der Waals surface area contributed by atoms with Crippen LogP contribution in [0.4, 0.5) is 4.79 Å². The molecule has 0 radical (unpaired) electrons. The summed E-state index contributed by atoms with van der Waals surface area (Å²) in [7, 11) is 0. The second-order valence-corrected chi connectivity index (χ2v) is 5.86. The van der Waals surface area contributed by atoms with Gasteiger partial charge in [-0.25, -0.2) is 4.79 Å². The number of nitrogens with one attached hydrogen (secondary N) is 2. The number of rotatable bonds is 7. The summed E-state index contributed by atoms with van der Waals surface area (Å²) in [6.45, 7) is 4.58. The van der Waals surface area contributed by atoms with Gasteiger partial charge in [-0.1, -0.05) is 33.1 Å². The van der Waals surface area contributed by atoms with E-state index < -0.39 is 11.4 Å². The SMILES string of the molecule is CCC(CC)(CNC(=O)NCC1CCCCC1)C(=O)O. The van der Waals surface area contributed by atoms with Crippen molar-refractivity contribution in [1.82, 2.24) is 10.6 Å². The lowest BCUT2D eigenvalue weighted by molar-refractivity contribution is -0.149. The minimum Gasteiger partial charge on any atom is -0.481 e. The summed E-state index contributed by atoms with van der Waals surface area (Å²) >= 11 is 0. The number of carbonyl (C=O) groups is 2. The lowest BCUT2D eigenvalue weighted by Gasteiger charge is -2.27. The van der Waals surface area contributed by atoms with Crippen LogP contribution in [0.3, 0.4) is 0 Å². The van der Waals surface area contributed by atoms with Gasteiger partial charge < -0.3 is 15.7 Å². The van der Waals surface area contributed by atoms with Gasteiger partial charge in [-0.05, 0) is 31.6 Å². The highest BCUT2D eigenvalue weighted by atomic mass is 16.4. The molecule has 0 aromatic carbocycles. The Balaban J connectivity index is 2.32. The van der Waals surface area contributed by atoms with E-state index in [2.05, 4.69) is 10.6 Å². The Morgan fingerprint density at radius 1 is 1.10 bits per heavy atom. The van der Waals surface area contributed by atoms with Crippen LogP contribution in [-0.4, -0.2) is 30.2 Å². The van der Waals surface area contributed by atoms with E-state index in [-0.39, 0.29) is 12.6 Å². The molecule has 2 amide bonds. The Bertz CT molecular complexity index is 321. The molecule has 0 aliphatic heterocycles. The Labute approximate surface area is 121 Å². The van der Waals surface area contributed by atoms with E-state index in [0.29, 0.717) is 25.3 Å². The van der Waals surface area contributed by atoms with Crippen molar-refractivity contribution in [3.05, 3.63) is 0 Å². The summed E-state index contributed by atoms with van der Waals surface area (Å²) in [5.74, 6) is -0.258. The molecular formula is C15H28N2O3. The zero-order chi connectivity index (χ0) is 15.0. The molecule has 0 bridgehead atoms. The predicted octanol–water partition coefficient (Wildman–Crippen LogP) is 2.76. The van der Waals surface area contributed by atoms with Gasteiger partial charge >= 0.3 is 12.0 Å². The van der Waals surface area contributed by atoms with Gasteiger partial charge in [-0.3, -0.25) is 4.79 Å². The zero-order valence-electron chi connectivity index (χ0n) is 12.7. The number of carbonyl (C=O) groups excluding carboxylic acids is 1. The maximum absolute atomic E-state index is 11.8. The molecule has 0 unspecified atom stereocenters. The number of hydrogen-bond acceptors (Lipinski definition) is 2. The average Bonchev–Trinajstić information content (AvgIpc) is 2.47. The van der Waals surface area contributed by atoms with Gasteiger partial charge in [-0.15, -0.1) is 0 Å². The summed E-state index contributed by atoms with van der Waals surface area (Å²) in [5, 5.41) is 14.9. The molecule has 0 heterocycles. The molecule has 0 aromatic rings. The molecule has 1 saturated carbocycles. The minimum atomic E-state index is -0.845. The van der Waals surface area contributed by atoms with Crippen molar-refractivity contribution in [3.63, 3.8) is 0 Å². The molecule has 0 spiro atoms. The van der Waals surface area contributed by atoms with Crippen molar-refractivity contribution in [1.29, 1.82) is 0 Å². The lowest BCUT2D eigenvalue weighted by Crippen LogP contribution is -2.46. The van der Waals surface area contributed by atoms with Crippen molar-refractivity contribution in [2.75, 3.05) is 13.1 Å². The van der Waals surface area contributed by atoms with E-state index in [1.165, 1.54) is 32.1 Å². The van der Waals surface area contributed by atoms with Crippen molar-refractivity contribution in [3.8, 4) is 0 Å². The largest absolute Gasteiger partial charge is 0.481 e. The van der Waals surface area contributed by atoms with Gasteiger partial charge in [0.15, 0.2) is 0 Å². The number of carboxylic acids is 1. The highest BCUT2D eigenvalue weighted by Gasteiger charge is 2.35.